The molecule has 0 aliphatic carbocycles. The van der Waals surface area contributed by atoms with Crippen molar-refractivity contribution in [2.45, 2.75) is 6.42 Å². The maximum Gasteiger partial charge on any atom is 0.261 e. The first-order valence-corrected chi connectivity index (χ1v) is 6.02. The molecule has 0 bridgehead atoms. The number of benzene rings is 1. The lowest BCUT2D eigenvalue weighted by Gasteiger charge is -2.13. The maximum absolute atomic E-state index is 12.0. The molecule has 1 aromatic rings. The molecule has 1 aliphatic heterocycles. The highest BCUT2D eigenvalue weighted by Gasteiger charge is 2.34. The fourth-order valence-electron chi connectivity index (χ4n) is 2.01. The molecule has 0 radical (unpaired) electrons. The number of fused-ring (bicyclic) bond motifs is 1. The van der Waals surface area contributed by atoms with Crippen LogP contribution in [0.3, 0.4) is 0 Å². The van der Waals surface area contributed by atoms with E-state index in [1.54, 1.807) is 24.3 Å². The normalized spacial score (nSPS) is 14.2. The molecule has 18 heavy (non-hydrogen) atoms. The van der Waals surface area contributed by atoms with E-state index in [9.17, 15) is 9.59 Å². The molecule has 1 aromatic carbocycles. The molecule has 2 amide bonds. The lowest BCUT2D eigenvalue weighted by Crippen LogP contribution is -2.32. The Balaban J connectivity index is 1.93. The van der Waals surface area contributed by atoms with Crippen molar-refractivity contribution in [2.75, 3.05) is 26.2 Å². The summed E-state index contributed by atoms with van der Waals surface area (Å²) in [5.41, 5.74) is 0.983. The lowest BCUT2D eigenvalue weighted by molar-refractivity contribution is 0.0652. The molecule has 0 atom stereocenters. The molecule has 1 aliphatic rings. The highest BCUT2D eigenvalue weighted by molar-refractivity contribution is 6.21. The number of nitrogens with one attached hydrogen (secondary N) is 1. The first-order valence-electron chi connectivity index (χ1n) is 6.02. The highest BCUT2D eigenvalue weighted by atomic mass is 16.3. The number of aliphatic hydroxyl groups excluding tert-OH is 1. The van der Waals surface area contributed by atoms with Crippen molar-refractivity contribution in [1.29, 1.82) is 0 Å². The molecule has 5 nitrogen and oxygen atoms in total. The zero-order chi connectivity index (χ0) is 13.0. The molecule has 2 rings (SSSR count). The minimum absolute atomic E-state index is 0.0903. The molecule has 0 spiro atoms. The number of hydrogen-bond donors (Lipinski definition) is 2. The molecule has 5 heteroatoms. The number of nitrogens with zero attached hydrogens (tertiary/aromatic N) is 1. The Kier molecular flexibility index (Phi) is 4.07. The van der Waals surface area contributed by atoms with Crippen molar-refractivity contribution >= 4 is 11.8 Å². The summed E-state index contributed by atoms with van der Waals surface area (Å²) in [7, 11) is 0. The Bertz CT molecular complexity index is 424. The molecule has 0 unspecified atom stereocenters. The van der Waals surface area contributed by atoms with E-state index in [1.165, 1.54) is 4.90 Å². The first kappa shape index (κ1) is 12.7. The van der Waals surface area contributed by atoms with E-state index in [1.807, 2.05) is 0 Å². The van der Waals surface area contributed by atoms with Crippen molar-refractivity contribution in [3.63, 3.8) is 0 Å². The second-order valence-corrected chi connectivity index (χ2v) is 4.13. The maximum atomic E-state index is 12.0. The van der Waals surface area contributed by atoms with Crippen molar-refractivity contribution < 1.29 is 14.7 Å². The predicted molar refractivity (Wildman–Crippen MR) is 66.4 cm³/mol. The van der Waals surface area contributed by atoms with Gasteiger partial charge in [0.05, 0.1) is 17.7 Å². The van der Waals surface area contributed by atoms with Gasteiger partial charge in [-0.2, -0.15) is 0 Å². The summed E-state index contributed by atoms with van der Waals surface area (Å²) in [6.45, 7) is 1.70. The van der Waals surface area contributed by atoms with Gasteiger partial charge in [0.2, 0.25) is 0 Å². The second kappa shape index (κ2) is 5.75. The quantitative estimate of drug-likeness (QED) is 0.559. The fraction of sp³-hybridized carbons (Fsp3) is 0.385. The average Bonchev–Trinajstić information content (AvgIpc) is 2.64. The predicted octanol–water partition coefficient (Wildman–Crippen LogP) is 0.255. The third kappa shape index (κ3) is 2.42. The van der Waals surface area contributed by atoms with Crippen LogP contribution in [0.5, 0.6) is 0 Å². The van der Waals surface area contributed by atoms with Crippen LogP contribution in [0.25, 0.3) is 0 Å². The van der Waals surface area contributed by atoms with Gasteiger partial charge in [-0.15, -0.1) is 0 Å². The number of carbonyl (C=O) groups excluding carboxylic acids is 2. The van der Waals surface area contributed by atoms with Crippen LogP contribution in [-0.4, -0.2) is 48.1 Å². The number of aliphatic hydroxyl groups is 1. The van der Waals surface area contributed by atoms with Crippen LogP contribution in [-0.2, 0) is 0 Å². The van der Waals surface area contributed by atoms with E-state index in [4.69, 9.17) is 5.11 Å². The van der Waals surface area contributed by atoms with Gasteiger partial charge in [0.25, 0.3) is 11.8 Å². The largest absolute Gasteiger partial charge is 0.395 e. The van der Waals surface area contributed by atoms with E-state index in [0.717, 1.165) is 0 Å². The SMILES string of the molecule is O=C1c2ccccc2C(=O)N1CCCNCCO. The van der Waals surface area contributed by atoms with E-state index >= 15 is 0 Å². The van der Waals surface area contributed by atoms with Gasteiger partial charge in [0.1, 0.15) is 0 Å². The van der Waals surface area contributed by atoms with Gasteiger partial charge in [-0.05, 0) is 25.1 Å². The number of hydrogen-bond acceptors (Lipinski definition) is 4. The van der Waals surface area contributed by atoms with Crippen LogP contribution in [0.1, 0.15) is 27.1 Å². The van der Waals surface area contributed by atoms with Gasteiger partial charge in [0, 0.05) is 13.1 Å². The van der Waals surface area contributed by atoms with Gasteiger partial charge in [-0.1, -0.05) is 12.1 Å². The van der Waals surface area contributed by atoms with E-state index in [0.29, 0.717) is 37.2 Å². The van der Waals surface area contributed by atoms with Crippen molar-refractivity contribution in [2.24, 2.45) is 0 Å². The fourth-order valence-corrected chi connectivity index (χ4v) is 2.01. The molecule has 0 aromatic heterocycles. The van der Waals surface area contributed by atoms with Crippen LogP contribution in [0, 0.1) is 0 Å². The van der Waals surface area contributed by atoms with Crippen molar-refractivity contribution in [3.05, 3.63) is 35.4 Å². The number of amides is 2. The van der Waals surface area contributed by atoms with Crippen LogP contribution >= 0.6 is 0 Å². The third-order valence-electron chi connectivity index (χ3n) is 2.90. The van der Waals surface area contributed by atoms with Gasteiger partial charge < -0.3 is 10.4 Å². The Morgan fingerprint density at radius 1 is 1.06 bits per heavy atom. The number of rotatable bonds is 6. The van der Waals surface area contributed by atoms with Crippen LogP contribution in [0.15, 0.2) is 24.3 Å². The van der Waals surface area contributed by atoms with Crippen LogP contribution < -0.4 is 5.32 Å². The van der Waals surface area contributed by atoms with Gasteiger partial charge in [0.15, 0.2) is 0 Å². The molecule has 1 heterocycles. The van der Waals surface area contributed by atoms with Crippen molar-refractivity contribution in [3.8, 4) is 0 Å². The topological polar surface area (TPSA) is 69.6 Å². The monoisotopic (exact) mass is 248 g/mol. The summed E-state index contributed by atoms with van der Waals surface area (Å²) in [5, 5.41) is 11.6. The second-order valence-electron chi connectivity index (χ2n) is 4.13. The molecule has 2 N–H and O–H groups in total. The molecular formula is C13H16N2O3. The minimum Gasteiger partial charge on any atom is -0.395 e. The summed E-state index contributed by atoms with van der Waals surface area (Å²) in [6.07, 6.45) is 0.686. The Hall–Kier alpha value is -1.72. The zero-order valence-electron chi connectivity index (χ0n) is 10.1. The first-order chi connectivity index (χ1) is 8.75. The van der Waals surface area contributed by atoms with Gasteiger partial charge >= 0.3 is 0 Å². The lowest BCUT2D eigenvalue weighted by atomic mass is 10.1. The number of imide groups is 1. The third-order valence-corrected chi connectivity index (χ3v) is 2.90. The average molecular weight is 248 g/mol. The zero-order valence-corrected chi connectivity index (χ0v) is 10.1. The van der Waals surface area contributed by atoms with Crippen LogP contribution in [0.4, 0.5) is 0 Å². The summed E-state index contributed by atoms with van der Waals surface area (Å²) < 4.78 is 0. The highest BCUT2D eigenvalue weighted by Crippen LogP contribution is 2.22. The van der Waals surface area contributed by atoms with Gasteiger partial charge in [-0.25, -0.2) is 0 Å². The van der Waals surface area contributed by atoms with E-state index in [-0.39, 0.29) is 18.4 Å². The molecule has 0 saturated heterocycles. The molecule has 96 valence electrons. The molecule has 0 fully saturated rings. The van der Waals surface area contributed by atoms with Gasteiger partial charge in [-0.3, -0.25) is 14.5 Å². The Morgan fingerprint density at radius 3 is 2.22 bits per heavy atom. The summed E-state index contributed by atoms with van der Waals surface area (Å²) in [5.74, 6) is -0.421. The van der Waals surface area contributed by atoms with E-state index < -0.39 is 0 Å². The summed E-state index contributed by atoms with van der Waals surface area (Å²) in [4.78, 5) is 25.2. The summed E-state index contributed by atoms with van der Waals surface area (Å²) >= 11 is 0. The van der Waals surface area contributed by atoms with Crippen LogP contribution in [0.2, 0.25) is 0 Å². The molecular weight excluding hydrogens is 232 g/mol. The molecule has 0 saturated carbocycles. The smallest absolute Gasteiger partial charge is 0.261 e. The number of carbonyl (C=O) groups is 2. The Labute approximate surface area is 105 Å². The van der Waals surface area contributed by atoms with E-state index in [2.05, 4.69) is 5.32 Å². The minimum atomic E-state index is -0.210. The Morgan fingerprint density at radius 2 is 1.67 bits per heavy atom. The summed E-state index contributed by atoms with van der Waals surface area (Å²) in [6, 6.07) is 6.88. The standard InChI is InChI=1S/C13H16N2O3/c16-9-7-14-6-3-8-15-12(17)10-4-1-2-5-11(10)13(15)18/h1-2,4-5,14,16H,3,6-9H2. The van der Waals surface area contributed by atoms with Crippen molar-refractivity contribution in [1.82, 2.24) is 10.2 Å².